The molecule has 1 saturated carbocycles. The molecule has 2 nitrogen and oxygen atoms in total. The summed E-state index contributed by atoms with van der Waals surface area (Å²) in [6, 6.07) is 0. The molecule has 1 spiro atoms. The van der Waals surface area contributed by atoms with Crippen LogP contribution in [0.1, 0.15) is 32.6 Å². The highest BCUT2D eigenvalue weighted by molar-refractivity contribution is 6.20. The number of ether oxygens (including phenoxy) is 2. The maximum atomic E-state index is 6.12. The zero-order chi connectivity index (χ0) is 9.31. The van der Waals surface area contributed by atoms with Crippen LogP contribution in [0.4, 0.5) is 0 Å². The van der Waals surface area contributed by atoms with Crippen LogP contribution >= 0.6 is 11.6 Å². The predicted molar refractivity (Wildman–Crippen MR) is 52.2 cm³/mol. The van der Waals surface area contributed by atoms with Crippen molar-refractivity contribution < 1.29 is 9.47 Å². The largest absolute Gasteiger partial charge is 0.378 e. The van der Waals surface area contributed by atoms with Crippen molar-refractivity contribution in [1.82, 2.24) is 0 Å². The van der Waals surface area contributed by atoms with Crippen LogP contribution in [0.2, 0.25) is 0 Å². The van der Waals surface area contributed by atoms with Crippen molar-refractivity contribution in [2.45, 2.75) is 49.7 Å². The Morgan fingerprint density at radius 1 is 1.46 bits per heavy atom. The van der Waals surface area contributed by atoms with Crippen molar-refractivity contribution in [1.29, 1.82) is 0 Å². The van der Waals surface area contributed by atoms with Gasteiger partial charge in [-0.2, -0.15) is 0 Å². The molecule has 13 heavy (non-hydrogen) atoms. The molecule has 0 aromatic heterocycles. The standard InChI is InChI=1S/C10H17ClO2/c1-2-12-9-6-10(7-9)5-8(11)3-4-13-10/h8-9H,2-7H2,1H3. The molecular formula is C10H17ClO2. The quantitative estimate of drug-likeness (QED) is 0.643. The van der Waals surface area contributed by atoms with E-state index in [1.807, 2.05) is 6.92 Å². The van der Waals surface area contributed by atoms with Crippen molar-refractivity contribution in [3.8, 4) is 0 Å². The fourth-order valence-corrected chi connectivity index (χ4v) is 2.75. The Morgan fingerprint density at radius 3 is 2.85 bits per heavy atom. The molecular weight excluding hydrogens is 188 g/mol. The molecule has 1 unspecified atom stereocenters. The van der Waals surface area contributed by atoms with Crippen molar-refractivity contribution in [3.63, 3.8) is 0 Å². The summed E-state index contributed by atoms with van der Waals surface area (Å²) in [7, 11) is 0. The minimum Gasteiger partial charge on any atom is -0.378 e. The van der Waals surface area contributed by atoms with Gasteiger partial charge in [-0.1, -0.05) is 0 Å². The number of hydrogen-bond donors (Lipinski definition) is 0. The van der Waals surface area contributed by atoms with Gasteiger partial charge in [0.1, 0.15) is 0 Å². The molecule has 0 bridgehead atoms. The number of alkyl halides is 1. The van der Waals surface area contributed by atoms with Gasteiger partial charge in [-0.05, 0) is 19.8 Å². The molecule has 1 heterocycles. The van der Waals surface area contributed by atoms with E-state index in [4.69, 9.17) is 21.1 Å². The highest BCUT2D eigenvalue weighted by atomic mass is 35.5. The number of halogens is 1. The smallest absolute Gasteiger partial charge is 0.0746 e. The van der Waals surface area contributed by atoms with Gasteiger partial charge < -0.3 is 9.47 Å². The Bertz CT molecular complexity index is 178. The Hall–Kier alpha value is 0.210. The molecule has 1 aliphatic carbocycles. The van der Waals surface area contributed by atoms with Gasteiger partial charge in [-0.25, -0.2) is 0 Å². The molecule has 0 N–H and O–H groups in total. The highest BCUT2D eigenvalue weighted by Gasteiger charge is 2.48. The lowest BCUT2D eigenvalue weighted by Crippen LogP contribution is -2.54. The first-order valence-corrected chi connectivity index (χ1v) is 5.57. The summed E-state index contributed by atoms with van der Waals surface area (Å²) < 4.78 is 11.3. The first kappa shape index (κ1) is 9.75. The van der Waals surface area contributed by atoms with E-state index in [-0.39, 0.29) is 5.60 Å². The summed E-state index contributed by atoms with van der Waals surface area (Å²) in [4.78, 5) is 0. The molecule has 1 saturated heterocycles. The van der Waals surface area contributed by atoms with Crippen LogP contribution < -0.4 is 0 Å². The highest BCUT2D eigenvalue weighted by Crippen LogP contribution is 2.45. The van der Waals surface area contributed by atoms with Gasteiger partial charge in [0.2, 0.25) is 0 Å². The lowest BCUT2D eigenvalue weighted by Gasteiger charge is -2.50. The van der Waals surface area contributed by atoms with Crippen molar-refractivity contribution >= 4 is 11.6 Å². The summed E-state index contributed by atoms with van der Waals surface area (Å²) in [5, 5.41) is 0.316. The third-order valence-corrected chi connectivity index (χ3v) is 3.41. The first-order valence-electron chi connectivity index (χ1n) is 5.14. The zero-order valence-corrected chi connectivity index (χ0v) is 8.85. The summed E-state index contributed by atoms with van der Waals surface area (Å²) in [6.07, 6.45) is 4.53. The van der Waals surface area contributed by atoms with Gasteiger partial charge in [0.25, 0.3) is 0 Å². The SMILES string of the molecule is CCOC1CC2(CC(Cl)CCO2)C1. The molecule has 2 fully saturated rings. The maximum Gasteiger partial charge on any atom is 0.0746 e. The topological polar surface area (TPSA) is 18.5 Å². The van der Waals surface area contributed by atoms with E-state index in [1.165, 1.54) is 0 Å². The molecule has 1 atom stereocenters. The molecule has 1 aliphatic heterocycles. The third-order valence-electron chi connectivity index (χ3n) is 3.03. The average molecular weight is 205 g/mol. The Morgan fingerprint density at radius 2 is 2.23 bits per heavy atom. The van der Waals surface area contributed by atoms with E-state index in [9.17, 15) is 0 Å². The van der Waals surface area contributed by atoms with E-state index < -0.39 is 0 Å². The van der Waals surface area contributed by atoms with Crippen LogP contribution in [0.3, 0.4) is 0 Å². The van der Waals surface area contributed by atoms with Gasteiger partial charge in [0.15, 0.2) is 0 Å². The average Bonchev–Trinajstić information content (AvgIpc) is 2.02. The molecule has 0 aromatic carbocycles. The van der Waals surface area contributed by atoms with Crippen LogP contribution in [0.5, 0.6) is 0 Å². The van der Waals surface area contributed by atoms with Crippen LogP contribution in [-0.4, -0.2) is 30.3 Å². The molecule has 76 valence electrons. The monoisotopic (exact) mass is 204 g/mol. The summed E-state index contributed by atoms with van der Waals surface area (Å²) in [5.74, 6) is 0. The van der Waals surface area contributed by atoms with Gasteiger partial charge in [0, 0.05) is 31.4 Å². The molecule has 3 heteroatoms. The van der Waals surface area contributed by atoms with Gasteiger partial charge >= 0.3 is 0 Å². The maximum absolute atomic E-state index is 6.12. The van der Waals surface area contributed by atoms with E-state index in [0.717, 1.165) is 38.9 Å². The zero-order valence-electron chi connectivity index (χ0n) is 8.09. The van der Waals surface area contributed by atoms with Gasteiger partial charge in [0.05, 0.1) is 11.7 Å². The number of rotatable bonds is 2. The van der Waals surface area contributed by atoms with Crippen molar-refractivity contribution in [2.75, 3.05) is 13.2 Å². The molecule has 0 radical (unpaired) electrons. The summed E-state index contributed by atoms with van der Waals surface area (Å²) in [6.45, 7) is 3.68. The predicted octanol–water partition coefficient (Wildman–Crippen LogP) is 2.34. The van der Waals surface area contributed by atoms with Crippen molar-refractivity contribution in [2.24, 2.45) is 0 Å². The Labute approximate surface area is 84.5 Å². The second-order valence-corrected chi connectivity index (χ2v) is 4.72. The Balaban J connectivity index is 1.81. The fraction of sp³-hybridized carbons (Fsp3) is 1.00. The van der Waals surface area contributed by atoms with E-state index in [2.05, 4.69) is 0 Å². The van der Waals surface area contributed by atoms with Crippen molar-refractivity contribution in [3.05, 3.63) is 0 Å². The minimum absolute atomic E-state index is 0.0878. The second-order valence-electron chi connectivity index (χ2n) is 4.11. The molecule has 2 aliphatic rings. The van der Waals surface area contributed by atoms with E-state index >= 15 is 0 Å². The van der Waals surface area contributed by atoms with Crippen LogP contribution in [0.25, 0.3) is 0 Å². The van der Waals surface area contributed by atoms with Gasteiger partial charge in [-0.3, -0.25) is 0 Å². The van der Waals surface area contributed by atoms with Crippen LogP contribution in [-0.2, 0) is 9.47 Å². The normalized spacial score (nSPS) is 44.8. The fourth-order valence-electron chi connectivity index (χ4n) is 2.38. The minimum atomic E-state index is 0.0878. The lowest BCUT2D eigenvalue weighted by molar-refractivity contribution is -0.187. The molecule has 2 rings (SSSR count). The first-order chi connectivity index (χ1) is 6.24. The molecule has 0 aromatic rings. The third kappa shape index (κ3) is 2.00. The van der Waals surface area contributed by atoms with Gasteiger partial charge in [-0.15, -0.1) is 11.6 Å². The summed E-state index contributed by atoms with van der Waals surface area (Å²) >= 11 is 6.12. The number of hydrogen-bond acceptors (Lipinski definition) is 2. The van der Waals surface area contributed by atoms with Crippen LogP contribution in [0.15, 0.2) is 0 Å². The lowest BCUT2D eigenvalue weighted by atomic mass is 9.73. The second kappa shape index (κ2) is 3.76. The summed E-state index contributed by atoms with van der Waals surface area (Å²) in [5.41, 5.74) is 0.0878. The van der Waals surface area contributed by atoms with E-state index in [1.54, 1.807) is 0 Å². The molecule has 0 amide bonds. The Kier molecular flexibility index (Phi) is 2.82. The van der Waals surface area contributed by atoms with E-state index in [0.29, 0.717) is 11.5 Å². The van der Waals surface area contributed by atoms with Crippen LogP contribution in [0, 0.1) is 0 Å².